The van der Waals surface area contributed by atoms with Gasteiger partial charge in [-0.3, -0.25) is 9.59 Å². The van der Waals surface area contributed by atoms with Crippen LogP contribution < -0.4 is 20.1 Å². The van der Waals surface area contributed by atoms with Crippen molar-refractivity contribution in [3.05, 3.63) is 53.8 Å². The van der Waals surface area contributed by atoms with Gasteiger partial charge in [0, 0.05) is 18.0 Å². The van der Waals surface area contributed by atoms with E-state index in [0.29, 0.717) is 23.7 Å². The lowest BCUT2D eigenvalue weighted by molar-refractivity contribution is -0.136. The number of amides is 2. The number of carbonyl (C=O) groups excluding carboxylic acids is 2. The van der Waals surface area contributed by atoms with E-state index in [1.807, 2.05) is 0 Å². The molecule has 1 aliphatic rings. The minimum Gasteiger partial charge on any atom is -0.497 e. The lowest BCUT2D eigenvalue weighted by Crippen LogP contribution is -2.39. The van der Waals surface area contributed by atoms with Gasteiger partial charge in [0.2, 0.25) is 0 Å². The highest BCUT2D eigenvalue weighted by molar-refractivity contribution is 6.39. The molecular formula is C20H21FN2O4. The quantitative estimate of drug-likeness (QED) is 0.765. The molecule has 0 aromatic heterocycles. The SMILES string of the molecule is COc1ccc(OC)c(NC(=O)C(=O)NCC2(c3ccc(F)cc3)CC2)c1. The minimum atomic E-state index is -0.795. The molecule has 0 bridgehead atoms. The molecule has 2 N–H and O–H groups in total. The van der Waals surface area contributed by atoms with Gasteiger partial charge in [0.1, 0.15) is 17.3 Å². The van der Waals surface area contributed by atoms with E-state index in [0.717, 1.165) is 18.4 Å². The average molecular weight is 372 g/mol. The summed E-state index contributed by atoms with van der Waals surface area (Å²) in [4.78, 5) is 24.4. The fourth-order valence-electron chi connectivity index (χ4n) is 2.94. The highest BCUT2D eigenvalue weighted by atomic mass is 19.1. The molecule has 0 unspecified atom stereocenters. The first-order valence-corrected chi connectivity index (χ1v) is 8.55. The fraction of sp³-hybridized carbons (Fsp3) is 0.300. The van der Waals surface area contributed by atoms with Crippen LogP contribution in [0.3, 0.4) is 0 Å². The molecule has 0 radical (unpaired) electrons. The molecular weight excluding hydrogens is 351 g/mol. The summed E-state index contributed by atoms with van der Waals surface area (Å²) in [5.74, 6) is -0.892. The van der Waals surface area contributed by atoms with Gasteiger partial charge in [-0.1, -0.05) is 12.1 Å². The maximum Gasteiger partial charge on any atom is 0.313 e. The predicted octanol–water partition coefficient (Wildman–Crippen LogP) is 2.63. The van der Waals surface area contributed by atoms with Crippen LogP contribution in [0.1, 0.15) is 18.4 Å². The number of nitrogens with one attached hydrogen (secondary N) is 2. The lowest BCUT2D eigenvalue weighted by Gasteiger charge is -2.17. The first-order valence-electron chi connectivity index (χ1n) is 8.55. The van der Waals surface area contributed by atoms with Crippen LogP contribution in [0.25, 0.3) is 0 Å². The van der Waals surface area contributed by atoms with E-state index < -0.39 is 11.8 Å². The van der Waals surface area contributed by atoms with E-state index in [1.165, 1.54) is 26.4 Å². The Morgan fingerprint density at radius 2 is 1.74 bits per heavy atom. The first kappa shape index (κ1) is 18.7. The zero-order chi connectivity index (χ0) is 19.4. The molecule has 0 heterocycles. The Bertz CT molecular complexity index is 848. The van der Waals surface area contributed by atoms with Gasteiger partial charge >= 0.3 is 11.8 Å². The molecule has 2 amide bonds. The zero-order valence-corrected chi connectivity index (χ0v) is 15.2. The van der Waals surface area contributed by atoms with Crippen LogP contribution in [0, 0.1) is 5.82 Å². The van der Waals surface area contributed by atoms with Crippen molar-refractivity contribution in [3.63, 3.8) is 0 Å². The monoisotopic (exact) mass is 372 g/mol. The molecule has 1 aliphatic carbocycles. The average Bonchev–Trinajstić information content (AvgIpc) is 3.47. The third-order valence-corrected chi connectivity index (χ3v) is 4.76. The van der Waals surface area contributed by atoms with E-state index in [4.69, 9.17) is 9.47 Å². The van der Waals surface area contributed by atoms with Crippen molar-refractivity contribution >= 4 is 17.5 Å². The van der Waals surface area contributed by atoms with Crippen molar-refractivity contribution in [2.24, 2.45) is 0 Å². The Hall–Kier alpha value is -3.09. The summed E-state index contributed by atoms with van der Waals surface area (Å²) in [6.07, 6.45) is 1.76. The summed E-state index contributed by atoms with van der Waals surface area (Å²) in [6.45, 7) is 0.320. The third kappa shape index (κ3) is 4.19. The Morgan fingerprint density at radius 1 is 1.04 bits per heavy atom. The molecule has 27 heavy (non-hydrogen) atoms. The third-order valence-electron chi connectivity index (χ3n) is 4.76. The Balaban J connectivity index is 1.62. The van der Waals surface area contributed by atoms with Crippen LogP contribution in [0.5, 0.6) is 11.5 Å². The van der Waals surface area contributed by atoms with Crippen molar-refractivity contribution < 1.29 is 23.5 Å². The lowest BCUT2D eigenvalue weighted by atomic mass is 9.96. The van der Waals surface area contributed by atoms with Crippen LogP contribution in [0.15, 0.2) is 42.5 Å². The molecule has 0 aliphatic heterocycles. The minimum absolute atomic E-state index is 0.225. The molecule has 7 heteroatoms. The molecule has 2 aromatic rings. The van der Waals surface area contributed by atoms with E-state index in [1.54, 1.807) is 30.3 Å². The van der Waals surface area contributed by atoms with E-state index >= 15 is 0 Å². The normalized spacial score (nSPS) is 14.2. The number of hydrogen-bond acceptors (Lipinski definition) is 4. The molecule has 3 rings (SSSR count). The van der Waals surface area contributed by atoms with Gasteiger partial charge < -0.3 is 20.1 Å². The van der Waals surface area contributed by atoms with Crippen LogP contribution in [0.4, 0.5) is 10.1 Å². The van der Waals surface area contributed by atoms with Gasteiger partial charge in [-0.2, -0.15) is 0 Å². The van der Waals surface area contributed by atoms with Gasteiger partial charge in [-0.15, -0.1) is 0 Å². The van der Waals surface area contributed by atoms with Gasteiger partial charge in [-0.25, -0.2) is 4.39 Å². The maximum atomic E-state index is 13.1. The number of ether oxygens (including phenoxy) is 2. The second-order valence-corrected chi connectivity index (χ2v) is 6.49. The summed E-state index contributed by atoms with van der Waals surface area (Å²) < 4.78 is 23.4. The Morgan fingerprint density at radius 3 is 2.33 bits per heavy atom. The molecule has 0 atom stereocenters. The molecule has 2 aromatic carbocycles. The number of carbonyl (C=O) groups is 2. The van der Waals surface area contributed by atoms with Gasteiger partial charge in [-0.05, 0) is 42.7 Å². The summed E-state index contributed by atoms with van der Waals surface area (Å²) >= 11 is 0. The van der Waals surface area contributed by atoms with Crippen molar-refractivity contribution in [1.29, 1.82) is 0 Å². The van der Waals surface area contributed by atoms with Crippen molar-refractivity contribution in [2.75, 3.05) is 26.1 Å². The van der Waals surface area contributed by atoms with Gasteiger partial charge in [0.25, 0.3) is 0 Å². The van der Waals surface area contributed by atoms with E-state index in [-0.39, 0.29) is 11.2 Å². The number of hydrogen-bond donors (Lipinski definition) is 2. The van der Waals surface area contributed by atoms with Crippen LogP contribution in [-0.2, 0) is 15.0 Å². The molecule has 1 fully saturated rings. The predicted molar refractivity (Wildman–Crippen MR) is 98.5 cm³/mol. The molecule has 6 nitrogen and oxygen atoms in total. The fourth-order valence-corrected chi connectivity index (χ4v) is 2.94. The smallest absolute Gasteiger partial charge is 0.313 e. The molecule has 142 valence electrons. The second kappa shape index (κ2) is 7.65. The highest BCUT2D eigenvalue weighted by Crippen LogP contribution is 2.47. The second-order valence-electron chi connectivity index (χ2n) is 6.49. The number of halogens is 1. The first-order chi connectivity index (χ1) is 13.0. The van der Waals surface area contributed by atoms with Gasteiger partial charge in [0.15, 0.2) is 0 Å². The van der Waals surface area contributed by atoms with Crippen molar-refractivity contribution in [3.8, 4) is 11.5 Å². The summed E-state index contributed by atoms with van der Waals surface area (Å²) in [7, 11) is 2.97. The summed E-state index contributed by atoms with van der Waals surface area (Å²) in [5.41, 5.74) is 1.08. The molecule has 0 saturated heterocycles. The van der Waals surface area contributed by atoms with Crippen molar-refractivity contribution in [1.82, 2.24) is 5.32 Å². The largest absolute Gasteiger partial charge is 0.497 e. The molecule has 0 spiro atoms. The number of benzene rings is 2. The maximum absolute atomic E-state index is 13.1. The van der Waals surface area contributed by atoms with E-state index in [9.17, 15) is 14.0 Å². The number of rotatable bonds is 6. The Kier molecular flexibility index (Phi) is 5.30. The van der Waals surface area contributed by atoms with E-state index in [2.05, 4.69) is 10.6 Å². The Labute approximate surface area is 156 Å². The number of anilines is 1. The topological polar surface area (TPSA) is 76.7 Å². The summed E-state index contributed by atoms with van der Waals surface area (Å²) in [6, 6.07) is 11.1. The van der Waals surface area contributed by atoms with Crippen molar-refractivity contribution in [2.45, 2.75) is 18.3 Å². The molecule has 1 saturated carbocycles. The standard InChI is InChI=1S/C20H21FN2O4/c1-26-15-7-8-17(27-2)16(11-15)23-19(25)18(24)22-12-20(9-10-20)13-3-5-14(21)6-4-13/h3-8,11H,9-10,12H2,1-2H3,(H,22,24)(H,23,25). The highest BCUT2D eigenvalue weighted by Gasteiger charge is 2.44. The van der Waals surface area contributed by atoms with Crippen LogP contribution in [-0.4, -0.2) is 32.6 Å². The summed E-state index contributed by atoms with van der Waals surface area (Å²) in [5, 5.41) is 5.20. The van der Waals surface area contributed by atoms with Crippen LogP contribution in [0.2, 0.25) is 0 Å². The number of methoxy groups -OCH3 is 2. The van der Waals surface area contributed by atoms with Crippen LogP contribution >= 0.6 is 0 Å². The van der Waals surface area contributed by atoms with Gasteiger partial charge in [0.05, 0.1) is 19.9 Å². The zero-order valence-electron chi connectivity index (χ0n) is 15.2.